The number of fused-ring (bicyclic) bond motifs is 2. The molecule has 1 saturated carbocycles. The zero-order valence-corrected chi connectivity index (χ0v) is 19.3. The van der Waals surface area contributed by atoms with Gasteiger partial charge in [-0.2, -0.15) is 31.3 Å². The molecule has 5 rings (SSSR count). The highest BCUT2D eigenvalue weighted by atomic mass is 35.5. The summed E-state index contributed by atoms with van der Waals surface area (Å²) in [7, 11) is 0. The van der Waals surface area contributed by atoms with Crippen LogP contribution in [0.5, 0.6) is 5.75 Å². The summed E-state index contributed by atoms with van der Waals surface area (Å²) < 4.78 is 83.6. The van der Waals surface area contributed by atoms with Gasteiger partial charge in [-0.15, -0.1) is 5.10 Å². The van der Waals surface area contributed by atoms with Crippen LogP contribution in [0.4, 0.5) is 38.1 Å². The van der Waals surface area contributed by atoms with E-state index >= 15 is 0 Å². The Morgan fingerprint density at radius 2 is 1.92 bits per heavy atom. The van der Waals surface area contributed by atoms with Crippen molar-refractivity contribution in [2.45, 2.75) is 25.7 Å². The highest BCUT2D eigenvalue weighted by molar-refractivity contribution is 6.29. The molecule has 2 fully saturated rings. The van der Waals surface area contributed by atoms with Crippen LogP contribution in [0.25, 0.3) is 5.65 Å². The average molecular weight is 534 g/mol. The number of halogens is 7. The van der Waals surface area contributed by atoms with E-state index in [1.54, 1.807) is 6.07 Å². The molecule has 0 amide bonds. The first-order valence-electron chi connectivity index (χ1n) is 10.9. The molecule has 0 aromatic carbocycles. The molecule has 0 spiro atoms. The number of aliphatic imine (C=N–C) groups is 1. The third-order valence-electron chi connectivity index (χ3n) is 6.37. The van der Waals surface area contributed by atoms with Crippen LogP contribution in [0.3, 0.4) is 0 Å². The van der Waals surface area contributed by atoms with Gasteiger partial charge < -0.3 is 9.64 Å². The number of ether oxygens (including phenoxy) is 1. The van der Waals surface area contributed by atoms with Gasteiger partial charge in [-0.05, 0) is 24.5 Å². The maximum atomic E-state index is 13.5. The fourth-order valence-electron chi connectivity index (χ4n) is 4.87. The van der Waals surface area contributed by atoms with Crippen LogP contribution in [-0.2, 0) is 6.18 Å². The lowest BCUT2D eigenvalue weighted by atomic mass is 9.63. The van der Waals surface area contributed by atoms with E-state index in [0.29, 0.717) is 34.6 Å². The topological polar surface area (TPSA) is 80.8 Å². The SMILES string of the molecule is CC[C@H]1C(=Nc2nc3c(OCC(F)(F)F)ccc(C(F)(F)F)n3n2)[C@@H]2CN(c3cc(Cl)ncn3)CC12. The number of nitrogens with zero attached hydrogens (tertiary/aromatic N) is 7. The quantitative estimate of drug-likeness (QED) is 0.339. The smallest absolute Gasteiger partial charge is 0.433 e. The second-order valence-corrected chi connectivity index (χ2v) is 8.94. The highest BCUT2D eigenvalue weighted by Gasteiger charge is 2.52. The number of hydrogen-bond donors (Lipinski definition) is 0. The molecule has 4 heterocycles. The molecule has 0 radical (unpaired) electrons. The molecule has 3 aromatic rings. The molecular weight excluding hydrogens is 516 g/mol. The molecule has 1 unspecified atom stereocenters. The molecule has 1 saturated heterocycles. The van der Waals surface area contributed by atoms with Gasteiger partial charge in [0.2, 0.25) is 0 Å². The van der Waals surface area contributed by atoms with Crippen molar-refractivity contribution in [1.29, 1.82) is 0 Å². The van der Waals surface area contributed by atoms with E-state index in [1.807, 2.05) is 11.8 Å². The fourth-order valence-corrected chi connectivity index (χ4v) is 5.01. The summed E-state index contributed by atoms with van der Waals surface area (Å²) in [4.78, 5) is 18.6. The number of pyridine rings is 1. The van der Waals surface area contributed by atoms with E-state index in [9.17, 15) is 26.3 Å². The Kier molecular flexibility index (Phi) is 5.96. The van der Waals surface area contributed by atoms with Crippen molar-refractivity contribution in [3.05, 3.63) is 35.4 Å². The number of rotatable bonds is 5. The number of hydrogen-bond acceptors (Lipinski definition) is 7. The number of aromatic nitrogens is 5. The van der Waals surface area contributed by atoms with Crippen LogP contribution in [0, 0.1) is 17.8 Å². The summed E-state index contributed by atoms with van der Waals surface area (Å²) in [5.74, 6) is 0.191. The van der Waals surface area contributed by atoms with Gasteiger partial charge in [0.1, 0.15) is 23.0 Å². The molecule has 0 N–H and O–H groups in total. The van der Waals surface area contributed by atoms with Gasteiger partial charge in [0.15, 0.2) is 18.0 Å². The first-order valence-corrected chi connectivity index (χ1v) is 11.3. The zero-order valence-electron chi connectivity index (χ0n) is 18.6. The van der Waals surface area contributed by atoms with Crippen LogP contribution < -0.4 is 9.64 Å². The Bertz CT molecular complexity index is 1320. The second kappa shape index (κ2) is 8.75. The molecular formula is C21H18ClF6N7O. The molecule has 2 aliphatic rings. The maximum Gasteiger partial charge on any atom is 0.433 e. The summed E-state index contributed by atoms with van der Waals surface area (Å²) in [6.07, 6.45) is -7.40. The minimum absolute atomic E-state index is 0.00154. The van der Waals surface area contributed by atoms with E-state index in [1.165, 1.54) is 6.33 Å². The van der Waals surface area contributed by atoms with Gasteiger partial charge in [-0.25, -0.2) is 19.5 Å². The molecule has 36 heavy (non-hydrogen) atoms. The fraction of sp³-hybridized carbons (Fsp3) is 0.476. The van der Waals surface area contributed by atoms with E-state index in [4.69, 9.17) is 16.3 Å². The summed E-state index contributed by atoms with van der Waals surface area (Å²) >= 11 is 5.97. The lowest BCUT2D eigenvalue weighted by molar-refractivity contribution is -0.153. The molecule has 0 bridgehead atoms. The summed E-state index contributed by atoms with van der Waals surface area (Å²) in [6, 6.07) is 3.04. The third-order valence-corrected chi connectivity index (χ3v) is 6.58. The standard InChI is InChI=1S/C21H18ClF6N7O/c1-2-10-11-6-34(16-5-15(22)29-9-30-16)7-12(11)17(10)31-19-32-18-13(36-8-20(23,24)25)3-4-14(21(26,27)28)35(18)33-19/h3-5,9-12H,2,6-8H2,1H3/t10-,11?,12-/m1/s1. The molecule has 3 atom stereocenters. The van der Waals surface area contributed by atoms with E-state index in [0.717, 1.165) is 18.2 Å². The van der Waals surface area contributed by atoms with Gasteiger partial charge in [-0.3, -0.25) is 0 Å². The lowest BCUT2D eigenvalue weighted by Gasteiger charge is -2.40. The highest BCUT2D eigenvalue weighted by Crippen LogP contribution is 2.47. The molecule has 1 aliphatic heterocycles. The van der Waals surface area contributed by atoms with Gasteiger partial charge in [-0.1, -0.05) is 18.5 Å². The molecule has 3 aromatic heterocycles. The molecule has 8 nitrogen and oxygen atoms in total. The van der Waals surface area contributed by atoms with Crippen molar-refractivity contribution in [1.82, 2.24) is 24.6 Å². The van der Waals surface area contributed by atoms with E-state index in [2.05, 4.69) is 25.0 Å². The number of anilines is 1. The Labute approximate surface area is 205 Å². The largest absolute Gasteiger partial charge is 0.480 e. The van der Waals surface area contributed by atoms with Gasteiger partial charge >= 0.3 is 12.4 Å². The Hall–Kier alpha value is -3.16. The minimum atomic E-state index is -4.82. The predicted octanol–water partition coefficient (Wildman–Crippen LogP) is 5.00. The first kappa shape index (κ1) is 24.5. The van der Waals surface area contributed by atoms with Crippen LogP contribution in [0.2, 0.25) is 5.15 Å². The van der Waals surface area contributed by atoms with Gasteiger partial charge in [0.25, 0.3) is 5.95 Å². The van der Waals surface area contributed by atoms with Gasteiger partial charge in [0, 0.05) is 36.7 Å². The summed E-state index contributed by atoms with van der Waals surface area (Å²) in [6.45, 7) is 1.55. The lowest BCUT2D eigenvalue weighted by Crippen LogP contribution is -2.46. The van der Waals surface area contributed by atoms with Crippen molar-refractivity contribution in [3.63, 3.8) is 0 Å². The molecule has 15 heteroatoms. The Morgan fingerprint density at radius 1 is 1.14 bits per heavy atom. The van der Waals surface area contributed by atoms with E-state index in [-0.39, 0.29) is 23.7 Å². The predicted molar refractivity (Wildman–Crippen MR) is 117 cm³/mol. The molecule has 192 valence electrons. The van der Waals surface area contributed by atoms with Crippen LogP contribution in [-0.4, -0.2) is 56.2 Å². The number of alkyl halides is 6. The monoisotopic (exact) mass is 533 g/mol. The Balaban J connectivity index is 1.48. The van der Waals surface area contributed by atoms with Crippen molar-refractivity contribution in [3.8, 4) is 5.75 Å². The normalized spacial score (nSPS) is 23.3. The third kappa shape index (κ3) is 4.53. The second-order valence-electron chi connectivity index (χ2n) is 8.56. The maximum absolute atomic E-state index is 13.5. The Morgan fingerprint density at radius 3 is 2.58 bits per heavy atom. The van der Waals surface area contributed by atoms with Crippen LogP contribution in [0.15, 0.2) is 29.5 Å². The van der Waals surface area contributed by atoms with Crippen LogP contribution >= 0.6 is 11.6 Å². The zero-order chi connectivity index (χ0) is 25.8. The van der Waals surface area contributed by atoms with Crippen molar-refractivity contribution < 1.29 is 31.1 Å². The minimum Gasteiger partial charge on any atom is -0.480 e. The van der Waals surface area contributed by atoms with Crippen molar-refractivity contribution in [2.75, 3.05) is 24.6 Å². The van der Waals surface area contributed by atoms with Crippen molar-refractivity contribution in [2.24, 2.45) is 22.7 Å². The van der Waals surface area contributed by atoms with Crippen molar-refractivity contribution >= 4 is 34.7 Å². The molecule has 1 aliphatic carbocycles. The average Bonchev–Trinajstić information content (AvgIpc) is 3.37. The van der Waals surface area contributed by atoms with Gasteiger partial charge in [0.05, 0.1) is 0 Å². The summed E-state index contributed by atoms with van der Waals surface area (Å²) in [5.41, 5.74) is -0.976. The van der Waals surface area contributed by atoms with Crippen LogP contribution in [0.1, 0.15) is 19.0 Å². The van der Waals surface area contributed by atoms with E-state index < -0.39 is 36.1 Å². The summed E-state index contributed by atoms with van der Waals surface area (Å²) in [5, 5.41) is 4.17. The first-order chi connectivity index (χ1) is 16.9.